The van der Waals surface area contributed by atoms with Gasteiger partial charge in [0.05, 0.1) is 6.33 Å². The molecule has 3 rings (SSSR count). The first kappa shape index (κ1) is 13.1. The molecule has 1 fully saturated rings. The molecule has 2 aromatic heterocycles. The first-order valence-corrected chi connectivity index (χ1v) is 7.29. The van der Waals surface area contributed by atoms with Crippen molar-refractivity contribution in [1.29, 1.82) is 0 Å². The second-order valence-corrected chi connectivity index (χ2v) is 6.19. The lowest BCUT2D eigenvalue weighted by Crippen LogP contribution is -2.40. The third-order valence-corrected chi connectivity index (χ3v) is 3.80. The summed E-state index contributed by atoms with van der Waals surface area (Å²) in [4.78, 5) is 18.9. The SMILES string of the molecule is CCNc1nc(N2CCCC(C)(C)C2)c2[nH]cnc2n1. The molecule has 1 aliphatic rings. The Kier molecular flexibility index (Phi) is 3.23. The van der Waals surface area contributed by atoms with Gasteiger partial charge in [-0.25, -0.2) is 4.98 Å². The molecule has 0 spiro atoms. The van der Waals surface area contributed by atoms with Crippen molar-refractivity contribution < 1.29 is 0 Å². The fourth-order valence-corrected chi connectivity index (χ4v) is 2.89. The number of H-pyrrole nitrogens is 1. The number of nitrogens with zero attached hydrogens (tertiary/aromatic N) is 4. The van der Waals surface area contributed by atoms with Gasteiger partial charge in [-0.05, 0) is 25.2 Å². The molecular weight excluding hydrogens is 252 g/mol. The molecule has 0 radical (unpaired) electrons. The third-order valence-electron chi connectivity index (χ3n) is 3.80. The van der Waals surface area contributed by atoms with E-state index in [0.29, 0.717) is 11.4 Å². The van der Waals surface area contributed by atoms with Crippen LogP contribution in [0.3, 0.4) is 0 Å². The van der Waals surface area contributed by atoms with E-state index in [1.165, 1.54) is 12.8 Å². The second-order valence-electron chi connectivity index (χ2n) is 6.19. The van der Waals surface area contributed by atoms with E-state index in [0.717, 1.165) is 36.6 Å². The van der Waals surface area contributed by atoms with Crippen LogP contribution in [0.4, 0.5) is 11.8 Å². The first-order valence-electron chi connectivity index (χ1n) is 7.29. The van der Waals surface area contributed by atoms with Crippen LogP contribution in [-0.2, 0) is 0 Å². The fraction of sp³-hybridized carbons (Fsp3) is 0.643. The van der Waals surface area contributed by atoms with E-state index >= 15 is 0 Å². The van der Waals surface area contributed by atoms with Gasteiger partial charge in [0.15, 0.2) is 11.5 Å². The molecule has 1 saturated heterocycles. The van der Waals surface area contributed by atoms with Gasteiger partial charge in [0.1, 0.15) is 5.52 Å². The number of piperidine rings is 1. The van der Waals surface area contributed by atoms with Crippen molar-refractivity contribution in [2.45, 2.75) is 33.6 Å². The number of aromatic nitrogens is 4. The number of imidazole rings is 1. The molecule has 20 heavy (non-hydrogen) atoms. The average molecular weight is 274 g/mol. The lowest BCUT2D eigenvalue weighted by atomic mass is 9.84. The van der Waals surface area contributed by atoms with Crippen LogP contribution in [0.25, 0.3) is 11.2 Å². The summed E-state index contributed by atoms with van der Waals surface area (Å²) in [5, 5.41) is 3.19. The predicted molar refractivity (Wildman–Crippen MR) is 81.1 cm³/mol. The van der Waals surface area contributed by atoms with Gasteiger partial charge < -0.3 is 15.2 Å². The number of aromatic amines is 1. The standard InChI is InChI=1S/C14H22N6/c1-4-15-13-18-11-10(16-9-17-11)12(19-13)20-7-5-6-14(2,3)8-20/h9H,4-8H2,1-3H3,(H2,15,16,17,18,19). The van der Waals surface area contributed by atoms with E-state index in [1.54, 1.807) is 6.33 Å². The van der Waals surface area contributed by atoms with Gasteiger partial charge in [0.2, 0.25) is 5.95 Å². The van der Waals surface area contributed by atoms with Crippen LogP contribution in [0.15, 0.2) is 6.33 Å². The molecule has 0 bridgehead atoms. The minimum atomic E-state index is 0.327. The average Bonchev–Trinajstić information content (AvgIpc) is 2.85. The molecule has 0 unspecified atom stereocenters. The molecule has 6 nitrogen and oxygen atoms in total. The molecule has 2 aromatic rings. The number of anilines is 2. The summed E-state index contributed by atoms with van der Waals surface area (Å²) >= 11 is 0. The van der Waals surface area contributed by atoms with Crippen molar-refractivity contribution in [3.63, 3.8) is 0 Å². The lowest BCUT2D eigenvalue weighted by molar-refractivity contribution is 0.292. The molecule has 0 saturated carbocycles. The highest BCUT2D eigenvalue weighted by molar-refractivity contribution is 5.84. The Hall–Kier alpha value is -1.85. The Morgan fingerprint density at radius 2 is 2.25 bits per heavy atom. The molecule has 1 aliphatic heterocycles. The Balaban J connectivity index is 2.02. The number of nitrogens with one attached hydrogen (secondary N) is 2. The van der Waals surface area contributed by atoms with Crippen LogP contribution in [0, 0.1) is 5.41 Å². The summed E-state index contributed by atoms with van der Waals surface area (Å²) in [7, 11) is 0. The van der Waals surface area contributed by atoms with Gasteiger partial charge >= 0.3 is 0 Å². The van der Waals surface area contributed by atoms with Crippen LogP contribution in [-0.4, -0.2) is 39.6 Å². The highest BCUT2D eigenvalue weighted by Gasteiger charge is 2.28. The Labute approximate surface area is 119 Å². The van der Waals surface area contributed by atoms with E-state index in [2.05, 4.69) is 44.0 Å². The largest absolute Gasteiger partial charge is 0.354 e. The minimum absolute atomic E-state index is 0.327. The molecule has 0 atom stereocenters. The zero-order valence-corrected chi connectivity index (χ0v) is 12.4. The van der Waals surface area contributed by atoms with E-state index in [1.807, 2.05) is 6.92 Å². The molecule has 6 heteroatoms. The summed E-state index contributed by atoms with van der Waals surface area (Å²) in [6.07, 6.45) is 4.15. The van der Waals surface area contributed by atoms with Crippen molar-refractivity contribution in [2.75, 3.05) is 29.9 Å². The highest BCUT2D eigenvalue weighted by atomic mass is 15.3. The maximum absolute atomic E-state index is 4.68. The van der Waals surface area contributed by atoms with Gasteiger partial charge in [-0.3, -0.25) is 0 Å². The maximum atomic E-state index is 4.68. The van der Waals surface area contributed by atoms with E-state index < -0.39 is 0 Å². The number of fused-ring (bicyclic) bond motifs is 1. The molecule has 0 aliphatic carbocycles. The second kappa shape index (κ2) is 4.92. The van der Waals surface area contributed by atoms with Crippen molar-refractivity contribution in [3.8, 4) is 0 Å². The zero-order chi connectivity index (χ0) is 14.2. The maximum Gasteiger partial charge on any atom is 0.226 e. The van der Waals surface area contributed by atoms with Crippen molar-refractivity contribution in [1.82, 2.24) is 19.9 Å². The van der Waals surface area contributed by atoms with E-state index in [9.17, 15) is 0 Å². The number of hydrogen-bond acceptors (Lipinski definition) is 5. The number of hydrogen-bond donors (Lipinski definition) is 2. The quantitative estimate of drug-likeness (QED) is 0.899. The van der Waals surface area contributed by atoms with Crippen molar-refractivity contribution >= 4 is 22.9 Å². The molecule has 108 valence electrons. The van der Waals surface area contributed by atoms with Crippen LogP contribution >= 0.6 is 0 Å². The Bertz CT molecular complexity index is 603. The predicted octanol–water partition coefficient (Wildman–Crippen LogP) is 2.41. The summed E-state index contributed by atoms with van der Waals surface area (Å²) < 4.78 is 0. The smallest absolute Gasteiger partial charge is 0.226 e. The number of rotatable bonds is 3. The van der Waals surface area contributed by atoms with Crippen LogP contribution in [0.5, 0.6) is 0 Å². The minimum Gasteiger partial charge on any atom is -0.354 e. The van der Waals surface area contributed by atoms with Crippen LogP contribution in [0.1, 0.15) is 33.6 Å². The van der Waals surface area contributed by atoms with Gasteiger partial charge in [-0.1, -0.05) is 13.8 Å². The van der Waals surface area contributed by atoms with Gasteiger partial charge in [-0.15, -0.1) is 0 Å². The highest BCUT2D eigenvalue weighted by Crippen LogP contribution is 2.33. The van der Waals surface area contributed by atoms with Crippen molar-refractivity contribution in [3.05, 3.63) is 6.33 Å². The summed E-state index contributed by atoms with van der Waals surface area (Å²) in [5.74, 6) is 1.63. The molecule has 0 aromatic carbocycles. The molecule has 3 heterocycles. The third kappa shape index (κ3) is 2.42. The summed E-state index contributed by atoms with van der Waals surface area (Å²) in [5.41, 5.74) is 1.99. The van der Waals surface area contributed by atoms with Crippen molar-refractivity contribution in [2.24, 2.45) is 5.41 Å². The summed E-state index contributed by atoms with van der Waals surface area (Å²) in [6.45, 7) is 9.54. The lowest BCUT2D eigenvalue weighted by Gasteiger charge is -2.38. The normalized spacial score (nSPS) is 18.4. The zero-order valence-electron chi connectivity index (χ0n) is 12.4. The monoisotopic (exact) mass is 274 g/mol. The Morgan fingerprint density at radius 1 is 1.40 bits per heavy atom. The van der Waals surface area contributed by atoms with Gasteiger partial charge in [0, 0.05) is 19.6 Å². The van der Waals surface area contributed by atoms with Crippen LogP contribution < -0.4 is 10.2 Å². The first-order chi connectivity index (χ1) is 9.59. The molecule has 0 amide bonds. The van der Waals surface area contributed by atoms with Gasteiger partial charge in [-0.2, -0.15) is 9.97 Å². The molecular formula is C14H22N6. The fourth-order valence-electron chi connectivity index (χ4n) is 2.89. The topological polar surface area (TPSA) is 69.7 Å². The van der Waals surface area contributed by atoms with Gasteiger partial charge in [0.25, 0.3) is 0 Å². The van der Waals surface area contributed by atoms with Crippen LogP contribution in [0.2, 0.25) is 0 Å². The molecule has 2 N–H and O–H groups in total. The summed E-state index contributed by atoms with van der Waals surface area (Å²) in [6, 6.07) is 0. The Morgan fingerprint density at radius 3 is 3.00 bits per heavy atom. The van der Waals surface area contributed by atoms with E-state index in [-0.39, 0.29) is 0 Å². The van der Waals surface area contributed by atoms with E-state index in [4.69, 9.17) is 0 Å².